The maximum absolute atomic E-state index is 12.2. The van der Waals surface area contributed by atoms with E-state index in [0.717, 1.165) is 22.4 Å². The third-order valence-electron chi connectivity index (χ3n) is 4.83. The summed E-state index contributed by atoms with van der Waals surface area (Å²) in [6, 6.07) is 18.9. The van der Waals surface area contributed by atoms with E-state index in [0.29, 0.717) is 35.3 Å². The highest BCUT2D eigenvalue weighted by Gasteiger charge is 2.13. The second-order valence-corrected chi connectivity index (χ2v) is 7.66. The van der Waals surface area contributed by atoms with Crippen molar-refractivity contribution >= 4 is 23.2 Å². The second-order valence-electron chi connectivity index (χ2n) is 7.25. The predicted octanol–water partition coefficient (Wildman–Crippen LogP) is 4.97. The molecule has 0 heterocycles. The van der Waals surface area contributed by atoms with Crippen LogP contribution in [0, 0.1) is 6.92 Å². The summed E-state index contributed by atoms with van der Waals surface area (Å²) >= 11 is 6.45. The average Bonchev–Trinajstić information content (AvgIpc) is 2.80. The molecule has 0 radical (unpaired) electrons. The molecule has 0 fully saturated rings. The normalized spacial score (nSPS) is 10.5. The molecule has 2 N–H and O–H groups in total. The van der Waals surface area contributed by atoms with Gasteiger partial charge in [-0.15, -0.1) is 0 Å². The van der Waals surface area contributed by atoms with Crippen molar-refractivity contribution in [3.05, 3.63) is 82.4 Å². The first-order valence-corrected chi connectivity index (χ1v) is 10.6. The van der Waals surface area contributed by atoms with Crippen LogP contribution >= 0.6 is 11.6 Å². The number of rotatable bonds is 10. The lowest BCUT2D eigenvalue weighted by atomic mass is 10.1. The van der Waals surface area contributed by atoms with Crippen LogP contribution in [0.4, 0.5) is 5.69 Å². The van der Waals surface area contributed by atoms with Crippen molar-refractivity contribution in [2.45, 2.75) is 20.0 Å². The molecule has 0 aromatic heterocycles. The molecule has 0 saturated heterocycles. The first-order chi connectivity index (χ1) is 15.5. The van der Waals surface area contributed by atoms with Gasteiger partial charge in [0.2, 0.25) is 0 Å². The van der Waals surface area contributed by atoms with Gasteiger partial charge in [0.15, 0.2) is 18.1 Å². The van der Waals surface area contributed by atoms with Crippen LogP contribution in [-0.4, -0.2) is 26.7 Å². The number of aryl methyl sites for hydroxylation is 1. The molecule has 3 aromatic rings. The molecule has 1 amide bonds. The number of carbonyl (C=O) groups is 1. The smallest absolute Gasteiger partial charge is 0.262 e. The number of hydrogen-bond acceptors (Lipinski definition) is 5. The Labute approximate surface area is 193 Å². The van der Waals surface area contributed by atoms with E-state index in [2.05, 4.69) is 10.6 Å². The Morgan fingerprint density at radius 1 is 0.906 bits per heavy atom. The Morgan fingerprint density at radius 3 is 2.28 bits per heavy atom. The van der Waals surface area contributed by atoms with Crippen molar-refractivity contribution in [3.8, 4) is 17.2 Å². The van der Waals surface area contributed by atoms with Crippen LogP contribution in [0.1, 0.15) is 16.7 Å². The molecule has 0 spiro atoms. The lowest BCUT2D eigenvalue weighted by molar-refractivity contribution is -0.118. The first-order valence-electron chi connectivity index (χ1n) is 10.2. The molecule has 168 valence electrons. The summed E-state index contributed by atoms with van der Waals surface area (Å²) in [6.07, 6.45) is 0. The van der Waals surface area contributed by atoms with Crippen LogP contribution in [0.2, 0.25) is 5.02 Å². The maximum Gasteiger partial charge on any atom is 0.262 e. The number of anilines is 1. The average molecular weight is 455 g/mol. The van der Waals surface area contributed by atoms with Crippen LogP contribution in [0.15, 0.2) is 60.7 Å². The van der Waals surface area contributed by atoms with Gasteiger partial charge in [0.05, 0.1) is 14.2 Å². The van der Waals surface area contributed by atoms with E-state index in [1.54, 1.807) is 20.3 Å². The van der Waals surface area contributed by atoms with Gasteiger partial charge >= 0.3 is 0 Å². The molecule has 3 aromatic carbocycles. The summed E-state index contributed by atoms with van der Waals surface area (Å²) in [4.78, 5) is 12.2. The maximum atomic E-state index is 12.2. The molecule has 0 aliphatic heterocycles. The van der Waals surface area contributed by atoms with Gasteiger partial charge in [-0.2, -0.15) is 0 Å². The minimum atomic E-state index is -0.266. The van der Waals surface area contributed by atoms with Gasteiger partial charge < -0.3 is 24.8 Å². The minimum Gasteiger partial charge on any atom is -0.497 e. The van der Waals surface area contributed by atoms with Gasteiger partial charge in [-0.1, -0.05) is 41.4 Å². The van der Waals surface area contributed by atoms with Crippen LogP contribution in [-0.2, 0) is 17.9 Å². The molecule has 3 rings (SSSR count). The Hall–Kier alpha value is -3.22. The molecule has 0 aliphatic carbocycles. The van der Waals surface area contributed by atoms with Crippen molar-refractivity contribution in [1.82, 2.24) is 5.32 Å². The fraction of sp³-hybridized carbons (Fsp3) is 0.240. The number of carbonyl (C=O) groups excluding carboxylic acids is 1. The van der Waals surface area contributed by atoms with Gasteiger partial charge in [0.1, 0.15) is 5.75 Å². The number of benzene rings is 3. The summed E-state index contributed by atoms with van der Waals surface area (Å²) in [7, 11) is 3.20. The summed E-state index contributed by atoms with van der Waals surface area (Å²) in [6.45, 7) is 3.06. The van der Waals surface area contributed by atoms with E-state index < -0.39 is 0 Å². The highest BCUT2D eigenvalue weighted by atomic mass is 35.5. The summed E-state index contributed by atoms with van der Waals surface area (Å²) in [5.41, 5.74) is 3.84. The van der Waals surface area contributed by atoms with E-state index in [1.807, 2.05) is 61.5 Å². The summed E-state index contributed by atoms with van der Waals surface area (Å²) in [5.74, 6) is 1.48. The highest BCUT2D eigenvalue weighted by Crippen LogP contribution is 2.33. The zero-order valence-corrected chi connectivity index (χ0v) is 19.2. The first kappa shape index (κ1) is 23.4. The third kappa shape index (κ3) is 6.64. The van der Waals surface area contributed by atoms with Gasteiger partial charge in [-0.25, -0.2) is 0 Å². The lowest BCUT2D eigenvalue weighted by Crippen LogP contribution is -2.20. The van der Waals surface area contributed by atoms with E-state index in [-0.39, 0.29) is 12.5 Å². The fourth-order valence-corrected chi connectivity index (χ4v) is 3.27. The van der Waals surface area contributed by atoms with Crippen LogP contribution < -0.4 is 24.8 Å². The number of ether oxygens (including phenoxy) is 3. The minimum absolute atomic E-state index is 0.157. The Bertz CT molecular complexity index is 1040. The van der Waals surface area contributed by atoms with Gasteiger partial charge in [0, 0.05) is 29.9 Å². The number of nitrogens with one attached hydrogen (secondary N) is 2. The molecular weight excluding hydrogens is 428 g/mol. The third-order valence-corrected chi connectivity index (χ3v) is 5.18. The number of hydrogen-bond donors (Lipinski definition) is 2. The Balaban J connectivity index is 1.56. The zero-order valence-electron chi connectivity index (χ0n) is 18.4. The molecule has 7 heteroatoms. The van der Waals surface area contributed by atoms with Crippen molar-refractivity contribution in [2.75, 3.05) is 26.1 Å². The van der Waals surface area contributed by atoms with Gasteiger partial charge in [0.25, 0.3) is 5.91 Å². The quantitative estimate of drug-likeness (QED) is 0.452. The fourth-order valence-electron chi connectivity index (χ4n) is 3.05. The Morgan fingerprint density at radius 2 is 1.62 bits per heavy atom. The van der Waals surface area contributed by atoms with E-state index >= 15 is 0 Å². The van der Waals surface area contributed by atoms with Gasteiger partial charge in [-0.05, 0) is 48.4 Å². The van der Waals surface area contributed by atoms with Crippen molar-refractivity contribution < 1.29 is 19.0 Å². The highest BCUT2D eigenvalue weighted by molar-refractivity contribution is 6.31. The molecule has 0 saturated carbocycles. The number of amides is 1. The molecule has 6 nitrogen and oxygen atoms in total. The molecule has 32 heavy (non-hydrogen) atoms. The summed E-state index contributed by atoms with van der Waals surface area (Å²) < 4.78 is 16.3. The molecule has 0 aliphatic rings. The van der Waals surface area contributed by atoms with Crippen LogP contribution in [0.5, 0.6) is 17.2 Å². The number of halogens is 1. The predicted molar refractivity (Wildman–Crippen MR) is 127 cm³/mol. The van der Waals surface area contributed by atoms with Crippen molar-refractivity contribution in [1.29, 1.82) is 0 Å². The molecule has 0 unspecified atom stereocenters. The topological polar surface area (TPSA) is 68.8 Å². The molecular formula is C25H27ClN2O4. The molecule has 0 bridgehead atoms. The van der Waals surface area contributed by atoms with Crippen LogP contribution in [0.3, 0.4) is 0 Å². The van der Waals surface area contributed by atoms with E-state index in [9.17, 15) is 4.79 Å². The van der Waals surface area contributed by atoms with Crippen molar-refractivity contribution in [3.63, 3.8) is 0 Å². The molecule has 0 atom stereocenters. The largest absolute Gasteiger partial charge is 0.497 e. The Kier molecular flexibility index (Phi) is 8.36. The monoisotopic (exact) mass is 454 g/mol. The van der Waals surface area contributed by atoms with E-state index in [1.165, 1.54) is 0 Å². The van der Waals surface area contributed by atoms with Crippen LogP contribution in [0.25, 0.3) is 0 Å². The SMILES string of the molecule is COc1ccc(CNCc2cc(OC)c(OCC(=O)Nc3ccc(C)cc3)cc2Cl)cc1. The lowest BCUT2D eigenvalue weighted by Gasteiger charge is -2.14. The van der Waals surface area contributed by atoms with E-state index in [4.69, 9.17) is 25.8 Å². The second kappa shape index (κ2) is 11.4. The number of methoxy groups -OCH3 is 2. The zero-order chi connectivity index (χ0) is 22.9. The standard InChI is InChI=1S/C25H27ClN2O4/c1-17-4-8-20(9-5-17)28-25(29)16-32-24-13-22(26)19(12-23(24)31-3)15-27-14-18-6-10-21(30-2)11-7-18/h4-13,27H,14-16H2,1-3H3,(H,28,29). The van der Waals surface area contributed by atoms with Crippen molar-refractivity contribution in [2.24, 2.45) is 0 Å². The summed E-state index contributed by atoms with van der Waals surface area (Å²) in [5, 5.41) is 6.69. The van der Waals surface area contributed by atoms with Gasteiger partial charge in [-0.3, -0.25) is 4.79 Å².